The second-order valence-electron chi connectivity index (χ2n) is 5.92. The highest BCUT2D eigenvalue weighted by atomic mass is 35.5. The van der Waals surface area contributed by atoms with Crippen LogP contribution in [0.4, 0.5) is 11.4 Å². The lowest BCUT2D eigenvalue weighted by atomic mass is 9.81. The number of benzene rings is 1. The van der Waals surface area contributed by atoms with Crippen molar-refractivity contribution < 1.29 is 9.59 Å². The zero-order chi connectivity index (χ0) is 16.2. The Labute approximate surface area is 143 Å². The van der Waals surface area contributed by atoms with Crippen LogP contribution in [0.1, 0.15) is 45.1 Å². The highest BCUT2D eigenvalue weighted by molar-refractivity contribution is 5.97. The lowest BCUT2D eigenvalue weighted by Crippen LogP contribution is -2.41. The fourth-order valence-electron chi connectivity index (χ4n) is 2.87. The molecule has 2 rings (SSSR count). The largest absolute Gasteiger partial charge is 0.329 e. The van der Waals surface area contributed by atoms with E-state index in [9.17, 15) is 9.59 Å². The number of hydrogen-bond donors (Lipinski definition) is 3. The molecule has 2 amide bonds. The minimum absolute atomic E-state index is 0. The number of amides is 2. The summed E-state index contributed by atoms with van der Waals surface area (Å²) < 4.78 is 0. The fraction of sp³-hybridized carbons (Fsp3) is 0.529. The van der Waals surface area contributed by atoms with E-state index in [1.165, 1.54) is 0 Å². The van der Waals surface area contributed by atoms with Crippen molar-refractivity contribution in [3.8, 4) is 0 Å². The first-order valence-electron chi connectivity index (χ1n) is 7.99. The van der Waals surface area contributed by atoms with Crippen molar-refractivity contribution in [3.05, 3.63) is 23.8 Å². The smallest absolute Gasteiger partial charge is 0.231 e. The minimum Gasteiger partial charge on any atom is -0.329 e. The summed E-state index contributed by atoms with van der Waals surface area (Å²) in [5.74, 6) is 0.0206. The Morgan fingerprint density at radius 1 is 1.30 bits per heavy atom. The molecule has 0 spiro atoms. The predicted molar refractivity (Wildman–Crippen MR) is 96.0 cm³/mol. The van der Waals surface area contributed by atoms with Gasteiger partial charge in [-0.05, 0) is 49.4 Å². The Morgan fingerprint density at radius 3 is 2.61 bits per heavy atom. The minimum atomic E-state index is -0.513. The summed E-state index contributed by atoms with van der Waals surface area (Å²) in [6.07, 6.45) is 3.63. The van der Waals surface area contributed by atoms with Gasteiger partial charge in [0, 0.05) is 24.3 Å². The van der Waals surface area contributed by atoms with Gasteiger partial charge in [0.2, 0.25) is 11.8 Å². The average Bonchev–Trinajstić information content (AvgIpc) is 2.70. The van der Waals surface area contributed by atoms with Gasteiger partial charge >= 0.3 is 0 Å². The van der Waals surface area contributed by atoms with Crippen molar-refractivity contribution in [2.45, 2.75) is 46.0 Å². The van der Waals surface area contributed by atoms with Crippen LogP contribution >= 0.6 is 12.4 Å². The molecule has 0 radical (unpaired) electrons. The summed E-state index contributed by atoms with van der Waals surface area (Å²) in [5, 5.41) is 5.88. The predicted octanol–water partition coefficient (Wildman–Crippen LogP) is 3.09. The van der Waals surface area contributed by atoms with Crippen molar-refractivity contribution in [1.82, 2.24) is 0 Å². The number of nitrogens with one attached hydrogen (secondary N) is 2. The van der Waals surface area contributed by atoms with Crippen molar-refractivity contribution in [3.63, 3.8) is 0 Å². The highest BCUT2D eigenvalue weighted by Gasteiger charge is 2.33. The van der Waals surface area contributed by atoms with Gasteiger partial charge in [0.1, 0.15) is 0 Å². The molecule has 0 aromatic heterocycles. The van der Waals surface area contributed by atoms with Gasteiger partial charge in [-0.15, -0.1) is 12.4 Å². The first-order chi connectivity index (χ1) is 10.5. The molecule has 1 heterocycles. The number of rotatable bonds is 5. The Morgan fingerprint density at radius 2 is 2.00 bits per heavy atom. The molecule has 0 aliphatic carbocycles. The molecule has 6 heteroatoms. The first-order valence-corrected chi connectivity index (χ1v) is 7.99. The maximum absolute atomic E-state index is 12.6. The first kappa shape index (κ1) is 19.5. The average molecular weight is 340 g/mol. The Hall–Kier alpha value is -1.59. The Balaban J connectivity index is 0.00000264. The molecule has 1 aliphatic heterocycles. The van der Waals surface area contributed by atoms with Crippen LogP contribution < -0.4 is 16.4 Å². The summed E-state index contributed by atoms with van der Waals surface area (Å²) in [5.41, 5.74) is 7.98. The molecule has 0 saturated heterocycles. The molecular weight excluding hydrogens is 314 g/mol. The molecule has 23 heavy (non-hydrogen) atoms. The third-order valence-corrected chi connectivity index (χ3v) is 4.71. The summed E-state index contributed by atoms with van der Waals surface area (Å²) in [7, 11) is 0. The molecule has 5 nitrogen and oxygen atoms in total. The molecule has 128 valence electrons. The summed E-state index contributed by atoms with van der Waals surface area (Å²) in [6, 6.07) is 5.64. The molecule has 1 aromatic rings. The van der Waals surface area contributed by atoms with E-state index in [0.717, 1.165) is 29.8 Å². The fourth-order valence-corrected chi connectivity index (χ4v) is 2.87. The second-order valence-corrected chi connectivity index (χ2v) is 5.92. The van der Waals surface area contributed by atoms with Crippen LogP contribution in [0, 0.1) is 5.41 Å². The van der Waals surface area contributed by atoms with Crippen molar-refractivity contribution >= 4 is 35.6 Å². The van der Waals surface area contributed by atoms with Crippen LogP contribution in [0.5, 0.6) is 0 Å². The number of carbonyl (C=O) groups is 2. The van der Waals surface area contributed by atoms with E-state index in [1.54, 1.807) is 0 Å². The standard InChI is InChI=1S/C17H25N3O2.ClH/c1-3-17(4-2,11-18)16(22)19-13-8-9-14-12(10-13)6-5-7-15(21)20-14;/h8-10H,3-7,11,18H2,1-2H3,(H,19,22)(H,20,21);1H. The maximum Gasteiger partial charge on any atom is 0.231 e. The lowest BCUT2D eigenvalue weighted by Gasteiger charge is -2.28. The summed E-state index contributed by atoms with van der Waals surface area (Å²) >= 11 is 0. The summed E-state index contributed by atoms with van der Waals surface area (Å²) in [6.45, 7) is 4.32. The normalized spacial score (nSPS) is 14.1. The van der Waals surface area contributed by atoms with E-state index in [-0.39, 0.29) is 24.2 Å². The number of carbonyl (C=O) groups excluding carboxylic acids is 2. The lowest BCUT2D eigenvalue weighted by molar-refractivity contribution is -0.125. The monoisotopic (exact) mass is 339 g/mol. The van der Waals surface area contributed by atoms with Gasteiger partial charge in [0.15, 0.2) is 0 Å². The molecule has 4 N–H and O–H groups in total. The van der Waals surface area contributed by atoms with Crippen LogP contribution in [0.25, 0.3) is 0 Å². The van der Waals surface area contributed by atoms with Crippen LogP contribution in [-0.4, -0.2) is 18.4 Å². The van der Waals surface area contributed by atoms with Gasteiger partial charge in [-0.2, -0.15) is 0 Å². The molecule has 0 saturated carbocycles. The van der Waals surface area contributed by atoms with E-state index in [4.69, 9.17) is 5.73 Å². The van der Waals surface area contributed by atoms with E-state index >= 15 is 0 Å². The van der Waals surface area contributed by atoms with Crippen LogP contribution in [0.3, 0.4) is 0 Å². The Bertz CT molecular complexity index is 563. The molecule has 0 fully saturated rings. The van der Waals surface area contributed by atoms with Gasteiger partial charge in [-0.3, -0.25) is 9.59 Å². The third-order valence-electron chi connectivity index (χ3n) is 4.71. The van der Waals surface area contributed by atoms with Crippen LogP contribution in [0.15, 0.2) is 18.2 Å². The molecule has 0 bridgehead atoms. The zero-order valence-corrected chi connectivity index (χ0v) is 14.6. The van der Waals surface area contributed by atoms with Crippen molar-refractivity contribution in [1.29, 1.82) is 0 Å². The van der Waals surface area contributed by atoms with Gasteiger partial charge in [-0.1, -0.05) is 13.8 Å². The maximum atomic E-state index is 12.6. The number of anilines is 2. The number of hydrogen-bond acceptors (Lipinski definition) is 3. The Kier molecular flexibility index (Phi) is 7.03. The molecule has 1 aromatic carbocycles. The number of fused-ring (bicyclic) bond motifs is 1. The second kappa shape index (κ2) is 8.31. The SMILES string of the molecule is CCC(CC)(CN)C(=O)Nc1ccc2c(c1)CCCC(=O)N2.Cl. The molecule has 1 aliphatic rings. The molecule has 0 atom stereocenters. The van der Waals surface area contributed by atoms with E-state index in [1.807, 2.05) is 32.0 Å². The van der Waals surface area contributed by atoms with Gasteiger partial charge in [-0.25, -0.2) is 0 Å². The van der Waals surface area contributed by atoms with Gasteiger partial charge in [0.05, 0.1) is 5.41 Å². The van der Waals surface area contributed by atoms with Crippen molar-refractivity contribution in [2.75, 3.05) is 17.2 Å². The number of halogens is 1. The molecular formula is C17H26ClN3O2. The van der Waals surface area contributed by atoms with Crippen LogP contribution in [0.2, 0.25) is 0 Å². The summed E-state index contributed by atoms with van der Waals surface area (Å²) in [4.78, 5) is 24.1. The highest BCUT2D eigenvalue weighted by Crippen LogP contribution is 2.29. The third kappa shape index (κ3) is 4.24. The quantitative estimate of drug-likeness (QED) is 0.770. The number of aryl methyl sites for hydroxylation is 1. The van der Waals surface area contributed by atoms with Gasteiger partial charge in [0.25, 0.3) is 0 Å². The van der Waals surface area contributed by atoms with E-state index in [0.29, 0.717) is 25.8 Å². The number of nitrogens with two attached hydrogens (primary N) is 1. The topological polar surface area (TPSA) is 84.2 Å². The van der Waals surface area contributed by atoms with E-state index in [2.05, 4.69) is 10.6 Å². The van der Waals surface area contributed by atoms with E-state index < -0.39 is 5.41 Å². The van der Waals surface area contributed by atoms with Crippen molar-refractivity contribution in [2.24, 2.45) is 11.1 Å². The molecule has 0 unspecified atom stereocenters. The zero-order valence-electron chi connectivity index (χ0n) is 13.8. The van der Waals surface area contributed by atoms with Gasteiger partial charge < -0.3 is 16.4 Å². The van der Waals surface area contributed by atoms with Crippen LogP contribution in [-0.2, 0) is 16.0 Å².